The Morgan fingerprint density at radius 2 is 2.40 bits per heavy atom. The van der Waals surface area contributed by atoms with Gasteiger partial charge in [-0.2, -0.15) is 0 Å². The van der Waals surface area contributed by atoms with E-state index in [-0.39, 0.29) is 17.9 Å². The second-order valence-electron chi connectivity index (χ2n) is 4.66. The van der Waals surface area contributed by atoms with Crippen LogP contribution in [0.5, 0.6) is 0 Å². The van der Waals surface area contributed by atoms with E-state index >= 15 is 0 Å². The maximum absolute atomic E-state index is 12.3. The number of amides is 2. The predicted octanol–water partition coefficient (Wildman–Crippen LogP) is 1.28. The molecule has 2 rings (SSSR count). The summed E-state index contributed by atoms with van der Waals surface area (Å²) < 4.78 is 0.741. The molecule has 20 heavy (non-hydrogen) atoms. The van der Waals surface area contributed by atoms with Crippen molar-refractivity contribution in [1.82, 2.24) is 15.6 Å². The number of nitrogens with zero attached hydrogens (tertiary/aromatic N) is 1. The molecule has 1 saturated heterocycles. The molecule has 0 radical (unpaired) electrons. The third-order valence-corrected chi connectivity index (χ3v) is 3.39. The van der Waals surface area contributed by atoms with E-state index < -0.39 is 0 Å². The van der Waals surface area contributed by atoms with E-state index in [2.05, 4.69) is 36.9 Å². The Hall–Kier alpha value is -1.63. The van der Waals surface area contributed by atoms with E-state index in [1.165, 1.54) is 0 Å². The van der Waals surface area contributed by atoms with Gasteiger partial charge in [-0.3, -0.25) is 9.59 Å². The number of hydrogen-bond acceptors (Lipinski definition) is 4. The quantitative estimate of drug-likeness (QED) is 0.754. The Morgan fingerprint density at radius 3 is 3.05 bits per heavy atom. The number of rotatable bonds is 5. The van der Waals surface area contributed by atoms with Crippen LogP contribution in [0.1, 0.15) is 30.1 Å². The number of halogens is 1. The lowest BCUT2D eigenvalue weighted by Crippen LogP contribution is -2.36. The molecule has 3 N–H and O–H groups in total. The molecule has 1 unspecified atom stereocenters. The minimum absolute atomic E-state index is 0.0352. The fourth-order valence-corrected chi connectivity index (χ4v) is 2.30. The summed E-state index contributed by atoms with van der Waals surface area (Å²) in [6, 6.07) is 1.57. The monoisotopic (exact) mass is 340 g/mol. The highest BCUT2D eigenvalue weighted by atomic mass is 79.9. The second kappa shape index (κ2) is 6.69. The van der Waals surface area contributed by atoms with Crippen LogP contribution < -0.4 is 16.0 Å². The number of hydrogen-bond donors (Lipinski definition) is 3. The first-order valence-corrected chi connectivity index (χ1v) is 7.36. The molecule has 2 amide bonds. The van der Waals surface area contributed by atoms with Crippen molar-refractivity contribution in [2.45, 2.75) is 25.8 Å². The van der Waals surface area contributed by atoms with Gasteiger partial charge in [-0.05, 0) is 28.4 Å². The molecule has 1 aromatic rings. The highest BCUT2D eigenvalue weighted by Gasteiger charge is 2.24. The van der Waals surface area contributed by atoms with Crippen molar-refractivity contribution >= 4 is 33.6 Å². The Morgan fingerprint density at radius 1 is 1.60 bits per heavy atom. The van der Waals surface area contributed by atoms with Gasteiger partial charge in [0.15, 0.2) is 0 Å². The van der Waals surface area contributed by atoms with Crippen LogP contribution in [-0.4, -0.2) is 35.9 Å². The molecular weight excluding hydrogens is 324 g/mol. The zero-order chi connectivity index (χ0) is 14.5. The normalized spacial score (nSPS) is 17.7. The number of anilines is 1. The van der Waals surface area contributed by atoms with Crippen LogP contribution in [0.25, 0.3) is 0 Å². The van der Waals surface area contributed by atoms with Crippen molar-refractivity contribution in [3.8, 4) is 0 Å². The van der Waals surface area contributed by atoms with Crippen molar-refractivity contribution in [2.24, 2.45) is 0 Å². The molecular formula is C13H17BrN4O2. The zero-order valence-electron chi connectivity index (χ0n) is 11.2. The first-order chi connectivity index (χ1) is 9.60. The topological polar surface area (TPSA) is 83.1 Å². The van der Waals surface area contributed by atoms with Crippen LogP contribution >= 0.6 is 15.9 Å². The van der Waals surface area contributed by atoms with Gasteiger partial charge in [-0.25, -0.2) is 4.98 Å². The number of carbonyl (C=O) groups is 2. The first-order valence-electron chi connectivity index (χ1n) is 6.57. The molecule has 2 heterocycles. The van der Waals surface area contributed by atoms with Crippen LogP contribution in [0.4, 0.5) is 5.82 Å². The summed E-state index contributed by atoms with van der Waals surface area (Å²) >= 11 is 3.32. The van der Waals surface area contributed by atoms with Gasteiger partial charge in [0.1, 0.15) is 5.82 Å². The molecule has 1 aliphatic heterocycles. The maximum atomic E-state index is 12.3. The van der Waals surface area contributed by atoms with Crippen molar-refractivity contribution in [3.05, 3.63) is 22.3 Å². The molecule has 0 aliphatic carbocycles. The van der Waals surface area contributed by atoms with Gasteiger partial charge in [0.25, 0.3) is 5.91 Å². The second-order valence-corrected chi connectivity index (χ2v) is 5.57. The summed E-state index contributed by atoms with van der Waals surface area (Å²) in [5.41, 5.74) is 0.479. The van der Waals surface area contributed by atoms with E-state index in [0.717, 1.165) is 17.4 Å². The number of carbonyl (C=O) groups excluding carboxylic acids is 2. The molecule has 1 atom stereocenters. The SMILES string of the molecule is CCCNc1ncc(Br)cc1C(=O)NC1CNC(=O)C1. The molecule has 1 aromatic heterocycles. The van der Waals surface area contributed by atoms with E-state index in [1.807, 2.05) is 6.92 Å². The minimum Gasteiger partial charge on any atom is -0.369 e. The molecule has 6 nitrogen and oxygen atoms in total. The number of pyridine rings is 1. The Kier molecular flexibility index (Phi) is 4.94. The van der Waals surface area contributed by atoms with Gasteiger partial charge in [0.05, 0.1) is 11.6 Å². The predicted molar refractivity (Wildman–Crippen MR) is 79.6 cm³/mol. The summed E-state index contributed by atoms with van der Waals surface area (Å²) in [6.07, 6.45) is 2.92. The molecule has 1 fully saturated rings. The smallest absolute Gasteiger partial charge is 0.255 e. The van der Waals surface area contributed by atoms with Crippen LogP contribution in [0, 0.1) is 0 Å². The largest absolute Gasteiger partial charge is 0.369 e. The van der Waals surface area contributed by atoms with E-state index in [1.54, 1.807) is 12.3 Å². The van der Waals surface area contributed by atoms with Gasteiger partial charge in [-0.15, -0.1) is 0 Å². The number of aromatic nitrogens is 1. The van der Waals surface area contributed by atoms with Gasteiger partial charge in [0, 0.05) is 30.2 Å². The average Bonchev–Trinajstić information content (AvgIpc) is 2.82. The molecule has 0 aromatic carbocycles. The standard InChI is InChI=1S/C13H17BrN4O2/c1-2-3-15-12-10(4-8(14)6-17-12)13(20)18-9-5-11(19)16-7-9/h4,6,9H,2-3,5,7H2,1H3,(H,15,17)(H,16,19)(H,18,20). The van der Waals surface area contributed by atoms with Gasteiger partial charge in [0.2, 0.25) is 5.91 Å². The zero-order valence-corrected chi connectivity index (χ0v) is 12.8. The fourth-order valence-electron chi connectivity index (χ4n) is 1.97. The van der Waals surface area contributed by atoms with Crippen LogP contribution in [0.2, 0.25) is 0 Å². The van der Waals surface area contributed by atoms with Crippen molar-refractivity contribution in [2.75, 3.05) is 18.4 Å². The summed E-state index contributed by atoms with van der Waals surface area (Å²) in [4.78, 5) is 27.7. The Bertz CT molecular complexity index is 521. The molecule has 0 saturated carbocycles. The van der Waals surface area contributed by atoms with Crippen LogP contribution in [0.3, 0.4) is 0 Å². The van der Waals surface area contributed by atoms with E-state index in [0.29, 0.717) is 24.3 Å². The Balaban J connectivity index is 2.10. The fraction of sp³-hybridized carbons (Fsp3) is 0.462. The highest BCUT2D eigenvalue weighted by molar-refractivity contribution is 9.10. The third-order valence-electron chi connectivity index (χ3n) is 2.95. The highest BCUT2D eigenvalue weighted by Crippen LogP contribution is 2.18. The lowest BCUT2D eigenvalue weighted by molar-refractivity contribution is -0.119. The Labute approximate surface area is 125 Å². The number of nitrogens with one attached hydrogen (secondary N) is 3. The maximum Gasteiger partial charge on any atom is 0.255 e. The molecule has 1 aliphatic rings. The van der Waals surface area contributed by atoms with Gasteiger partial charge < -0.3 is 16.0 Å². The minimum atomic E-state index is -0.223. The van der Waals surface area contributed by atoms with E-state index in [4.69, 9.17) is 0 Å². The van der Waals surface area contributed by atoms with Crippen molar-refractivity contribution < 1.29 is 9.59 Å². The molecule has 0 bridgehead atoms. The van der Waals surface area contributed by atoms with Crippen molar-refractivity contribution in [1.29, 1.82) is 0 Å². The lowest BCUT2D eigenvalue weighted by atomic mass is 10.2. The summed E-state index contributed by atoms with van der Waals surface area (Å²) in [5, 5.41) is 8.67. The molecule has 0 spiro atoms. The van der Waals surface area contributed by atoms with Gasteiger partial charge in [-0.1, -0.05) is 6.92 Å². The molecule has 108 valence electrons. The van der Waals surface area contributed by atoms with Crippen LogP contribution in [0.15, 0.2) is 16.7 Å². The van der Waals surface area contributed by atoms with Crippen LogP contribution in [-0.2, 0) is 4.79 Å². The summed E-state index contributed by atoms with van der Waals surface area (Å²) in [5.74, 6) is 0.302. The third kappa shape index (κ3) is 3.69. The first kappa shape index (κ1) is 14.8. The average molecular weight is 341 g/mol. The summed E-state index contributed by atoms with van der Waals surface area (Å²) in [7, 11) is 0. The molecule has 7 heteroatoms. The van der Waals surface area contributed by atoms with E-state index in [9.17, 15) is 9.59 Å². The van der Waals surface area contributed by atoms with Crippen molar-refractivity contribution in [3.63, 3.8) is 0 Å². The van der Waals surface area contributed by atoms with Gasteiger partial charge >= 0.3 is 0 Å². The summed E-state index contributed by atoms with van der Waals surface area (Å²) in [6.45, 7) is 3.27. The lowest BCUT2D eigenvalue weighted by Gasteiger charge is -2.14.